The van der Waals surface area contributed by atoms with Gasteiger partial charge in [0.2, 0.25) is 17.7 Å². The summed E-state index contributed by atoms with van der Waals surface area (Å²) >= 11 is 3.02. The van der Waals surface area contributed by atoms with Crippen LogP contribution in [0.25, 0.3) is 0 Å². The Morgan fingerprint density at radius 2 is 0.885 bits per heavy atom. The zero-order chi connectivity index (χ0) is 38.7. The molecule has 0 radical (unpaired) electrons. The Bertz CT molecular complexity index is 833. The number of nitrogens with two attached hydrogens (primary N) is 2. The SMILES string of the molecule is C=C(NCCCCCCCCCCCC)C(CO)NC(=O)C(N)CSCCSCC(N)C(=O)NC(CO)C(=O)NCCCCCCCCCCCC. The van der Waals surface area contributed by atoms with Gasteiger partial charge in [0.25, 0.3) is 0 Å². The fourth-order valence-electron chi connectivity index (χ4n) is 5.62. The van der Waals surface area contributed by atoms with Gasteiger partial charge in [-0.25, -0.2) is 0 Å². The number of aliphatic hydroxyl groups is 2. The van der Waals surface area contributed by atoms with Crippen molar-refractivity contribution in [2.45, 2.75) is 166 Å². The lowest BCUT2D eigenvalue weighted by atomic mass is 10.1. The summed E-state index contributed by atoms with van der Waals surface area (Å²) in [4.78, 5) is 37.6. The molecule has 0 saturated carbocycles. The van der Waals surface area contributed by atoms with Crippen LogP contribution >= 0.6 is 23.5 Å². The minimum absolute atomic E-state index is 0.261. The zero-order valence-electron chi connectivity index (χ0n) is 32.9. The molecule has 52 heavy (non-hydrogen) atoms. The van der Waals surface area contributed by atoms with Crippen molar-refractivity contribution in [2.75, 3.05) is 49.3 Å². The second-order valence-corrected chi connectivity index (χ2v) is 16.3. The number of hydrogen-bond donors (Lipinski definition) is 8. The summed E-state index contributed by atoms with van der Waals surface area (Å²) in [5, 5.41) is 30.9. The van der Waals surface area contributed by atoms with E-state index in [1.165, 1.54) is 120 Å². The number of thioether (sulfide) groups is 2. The van der Waals surface area contributed by atoms with E-state index >= 15 is 0 Å². The molecule has 306 valence electrons. The van der Waals surface area contributed by atoms with Gasteiger partial charge in [0, 0.05) is 41.8 Å². The van der Waals surface area contributed by atoms with Crippen LogP contribution in [0.5, 0.6) is 0 Å². The van der Waals surface area contributed by atoms with Gasteiger partial charge < -0.3 is 42.9 Å². The molecule has 0 spiro atoms. The van der Waals surface area contributed by atoms with E-state index in [0.717, 1.165) is 38.6 Å². The van der Waals surface area contributed by atoms with Crippen molar-refractivity contribution < 1.29 is 24.6 Å². The Kier molecular flexibility index (Phi) is 35.4. The van der Waals surface area contributed by atoms with Crippen molar-refractivity contribution in [1.82, 2.24) is 21.3 Å². The second kappa shape index (κ2) is 36.5. The summed E-state index contributed by atoms with van der Waals surface area (Å²) in [6.45, 7) is 8.98. The molecule has 10 N–H and O–H groups in total. The van der Waals surface area contributed by atoms with Gasteiger partial charge in [-0.1, -0.05) is 136 Å². The predicted octanol–water partition coefficient (Wildman–Crippen LogP) is 5.12. The predicted molar refractivity (Wildman–Crippen MR) is 222 cm³/mol. The van der Waals surface area contributed by atoms with Crippen molar-refractivity contribution in [3.8, 4) is 0 Å². The zero-order valence-corrected chi connectivity index (χ0v) is 34.5. The number of unbranched alkanes of at least 4 members (excludes halogenated alkanes) is 18. The van der Waals surface area contributed by atoms with Crippen molar-refractivity contribution >= 4 is 41.2 Å². The summed E-state index contributed by atoms with van der Waals surface area (Å²) in [6.07, 6.45) is 24.7. The molecule has 0 saturated heterocycles. The summed E-state index contributed by atoms with van der Waals surface area (Å²) < 4.78 is 0. The lowest BCUT2D eigenvalue weighted by Gasteiger charge is -2.22. The first-order chi connectivity index (χ1) is 25.2. The maximum Gasteiger partial charge on any atom is 0.244 e. The topological polar surface area (TPSA) is 192 Å². The van der Waals surface area contributed by atoms with Gasteiger partial charge >= 0.3 is 0 Å². The van der Waals surface area contributed by atoms with Crippen LogP contribution in [0.3, 0.4) is 0 Å². The quantitative estimate of drug-likeness (QED) is 0.0391. The van der Waals surface area contributed by atoms with E-state index in [2.05, 4.69) is 41.7 Å². The van der Waals surface area contributed by atoms with Gasteiger partial charge in [-0.15, -0.1) is 0 Å². The summed E-state index contributed by atoms with van der Waals surface area (Å²) in [7, 11) is 0. The number of rotatable bonds is 38. The first-order valence-corrected chi connectivity index (χ1v) is 22.7. The van der Waals surface area contributed by atoms with Crippen LogP contribution in [-0.4, -0.2) is 101 Å². The molecule has 0 aliphatic heterocycles. The molecule has 11 nitrogen and oxygen atoms in total. The summed E-state index contributed by atoms with van der Waals surface area (Å²) in [5.41, 5.74) is 12.7. The highest BCUT2D eigenvalue weighted by atomic mass is 32.2. The molecule has 3 amide bonds. The fourth-order valence-corrected chi connectivity index (χ4v) is 7.70. The molecule has 13 heteroatoms. The minimum atomic E-state index is -1.03. The number of aliphatic hydroxyl groups excluding tert-OH is 2. The van der Waals surface area contributed by atoms with Crippen LogP contribution in [0, 0.1) is 0 Å². The van der Waals surface area contributed by atoms with Crippen molar-refractivity contribution in [1.29, 1.82) is 0 Å². The maximum atomic E-state index is 12.6. The summed E-state index contributed by atoms with van der Waals surface area (Å²) in [5.74, 6) is 0.930. The molecule has 0 bridgehead atoms. The third kappa shape index (κ3) is 28.9. The molecule has 0 aromatic rings. The number of carbonyl (C=O) groups is 3. The Balaban J connectivity index is 4.04. The van der Waals surface area contributed by atoms with E-state index in [1.807, 2.05) is 0 Å². The van der Waals surface area contributed by atoms with E-state index < -0.39 is 42.6 Å². The van der Waals surface area contributed by atoms with Crippen molar-refractivity contribution in [3.05, 3.63) is 12.3 Å². The van der Waals surface area contributed by atoms with E-state index in [-0.39, 0.29) is 12.5 Å². The fraction of sp³-hybridized carbons (Fsp3) is 0.872. The third-order valence-corrected chi connectivity index (χ3v) is 11.5. The van der Waals surface area contributed by atoms with Gasteiger partial charge in [0.1, 0.15) is 6.04 Å². The number of hydrogen-bond acceptors (Lipinski definition) is 10. The van der Waals surface area contributed by atoms with Gasteiger partial charge in [-0.3, -0.25) is 14.4 Å². The molecular weight excluding hydrogens is 697 g/mol. The van der Waals surface area contributed by atoms with Gasteiger partial charge in [0.15, 0.2) is 0 Å². The van der Waals surface area contributed by atoms with Crippen LogP contribution in [-0.2, 0) is 14.4 Å². The van der Waals surface area contributed by atoms with Gasteiger partial charge in [-0.2, -0.15) is 23.5 Å². The minimum Gasteiger partial charge on any atom is -0.394 e. The highest BCUT2D eigenvalue weighted by molar-refractivity contribution is 8.03. The van der Waals surface area contributed by atoms with Crippen LogP contribution in [0.1, 0.15) is 142 Å². The average molecular weight is 775 g/mol. The first kappa shape index (κ1) is 50.5. The Morgan fingerprint density at radius 1 is 0.538 bits per heavy atom. The lowest BCUT2D eigenvalue weighted by molar-refractivity contribution is -0.130. The highest BCUT2D eigenvalue weighted by Crippen LogP contribution is 2.12. The maximum absolute atomic E-state index is 12.6. The lowest BCUT2D eigenvalue weighted by Crippen LogP contribution is -2.53. The molecule has 0 heterocycles. The van der Waals surface area contributed by atoms with Gasteiger partial charge in [0.05, 0.1) is 31.3 Å². The molecule has 4 unspecified atom stereocenters. The first-order valence-electron chi connectivity index (χ1n) is 20.4. The average Bonchev–Trinajstić information content (AvgIpc) is 3.14. The number of nitrogens with one attached hydrogen (secondary N) is 4. The molecule has 0 fully saturated rings. The number of carbonyl (C=O) groups excluding carboxylic acids is 3. The van der Waals surface area contributed by atoms with E-state index in [1.54, 1.807) is 0 Å². The van der Waals surface area contributed by atoms with Gasteiger partial charge in [-0.05, 0) is 12.8 Å². The largest absolute Gasteiger partial charge is 0.394 e. The van der Waals surface area contributed by atoms with E-state index in [4.69, 9.17) is 11.5 Å². The van der Waals surface area contributed by atoms with E-state index in [0.29, 0.717) is 35.3 Å². The molecule has 0 aliphatic carbocycles. The second-order valence-electron chi connectivity index (χ2n) is 14.0. The van der Waals surface area contributed by atoms with Crippen LogP contribution in [0.4, 0.5) is 0 Å². The third-order valence-electron chi connectivity index (χ3n) is 9.09. The van der Waals surface area contributed by atoms with Crippen LogP contribution in [0.2, 0.25) is 0 Å². The van der Waals surface area contributed by atoms with Crippen LogP contribution in [0.15, 0.2) is 12.3 Å². The molecule has 0 aromatic heterocycles. The molecule has 4 atom stereocenters. The van der Waals surface area contributed by atoms with Crippen molar-refractivity contribution in [2.24, 2.45) is 11.5 Å². The normalized spacial score (nSPS) is 13.6. The smallest absolute Gasteiger partial charge is 0.244 e. The van der Waals surface area contributed by atoms with Crippen molar-refractivity contribution in [3.63, 3.8) is 0 Å². The Labute approximate surface area is 325 Å². The monoisotopic (exact) mass is 775 g/mol. The molecule has 0 aromatic carbocycles. The molecule has 0 aliphatic rings. The molecule has 0 rings (SSSR count). The highest BCUT2D eigenvalue weighted by Gasteiger charge is 2.23. The Hall–Kier alpha value is -1.51. The van der Waals surface area contributed by atoms with E-state index in [9.17, 15) is 24.6 Å². The Morgan fingerprint density at radius 3 is 1.27 bits per heavy atom. The standard InChI is InChI=1S/C39H78N6O5S2/c1-4-6-8-10-12-14-16-18-20-22-24-42-32(3)35(28-46)44-37(48)33(40)30-51-26-27-52-31-34(41)38(49)45-36(29-47)39(50)43-25-23-21-19-17-15-13-11-9-7-5-2/h33-36,42,46-47H,3-31,40-41H2,1-2H3,(H,43,50)(H,44,48)(H,45,49). The summed E-state index contributed by atoms with van der Waals surface area (Å²) in [6, 6.07) is -3.19. The van der Waals surface area contributed by atoms with Crippen LogP contribution < -0.4 is 32.7 Å². The number of amides is 3. The molecular formula is C39H78N6O5S2.